The SMILES string of the molecule is CCOc1cc(N)cc(C(=O)OCCc2nccn2C)c1. The smallest absolute Gasteiger partial charge is 0.338 e. The molecule has 0 aliphatic carbocycles. The number of carbonyl (C=O) groups is 1. The second-order valence-electron chi connectivity index (χ2n) is 4.56. The Morgan fingerprint density at radius 3 is 2.86 bits per heavy atom. The average Bonchev–Trinajstić information content (AvgIpc) is 2.84. The largest absolute Gasteiger partial charge is 0.494 e. The maximum Gasteiger partial charge on any atom is 0.338 e. The maximum absolute atomic E-state index is 12.0. The fourth-order valence-corrected chi connectivity index (χ4v) is 1.95. The van der Waals surface area contributed by atoms with E-state index in [0.717, 1.165) is 5.82 Å². The number of nitrogens with two attached hydrogens (primary N) is 1. The summed E-state index contributed by atoms with van der Waals surface area (Å²) in [5.41, 5.74) is 6.61. The summed E-state index contributed by atoms with van der Waals surface area (Å²) >= 11 is 0. The van der Waals surface area contributed by atoms with Crippen LogP contribution in [-0.2, 0) is 18.2 Å². The fraction of sp³-hybridized carbons (Fsp3) is 0.333. The van der Waals surface area contributed by atoms with Crippen LogP contribution in [0.5, 0.6) is 5.75 Å². The van der Waals surface area contributed by atoms with E-state index in [9.17, 15) is 4.79 Å². The molecular formula is C15H19N3O3. The number of carbonyl (C=O) groups excluding carboxylic acids is 1. The van der Waals surface area contributed by atoms with Crippen molar-refractivity contribution in [2.24, 2.45) is 7.05 Å². The predicted molar refractivity (Wildman–Crippen MR) is 79.2 cm³/mol. The van der Waals surface area contributed by atoms with E-state index in [1.807, 2.05) is 24.7 Å². The van der Waals surface area contributed by atoms with Gasteiger partial charge in [0.05, 0.1) is 18.8 Å². The van der Waals surface area contributed by atoms with Crippen LogP contribution in [0.1, 0.15) is 23.1 Å². The Bertz CT molecular complexity index is 622. The second-order valence-corrected chi connectivity index (χ2v) is 4.56. The first kappa shape index (κ1) is 14.9. The van der Waals surface area contributed by atoms with Crippen molar-refractivity contribution < 1.29 is 14.3 Å². The summed E-state index contributed by atoms with van der Waals surface area (Å²) in [5.74, 6) is 1.01. The van der Waals surface area contributed by atoms with Crippen molar-refractivity contribution in [2.45, 2.75) is 13.3 Å². The van der Waals surface area contributed by atoms with E-state index in [2.05, 4.69) is 4.98 Å². The number of rotatable bonds is 6. The van der Waals surface area contributed by atoms with E-state index in [0.29, 0.717) is 30.0 Å². The van der Waals surface area contributed by atoms with Gasteiger partial charge in [0.25, 0.3) is 0 Å². The molecule has 0 unspecified atom stereocenters. The average molecular weight is 289 g/mol. The van der Waals surface area contributed by atoms with Crippen LogP contribution in [0, 0.1) is 0 Å². The molecule has 0 bridgehead atoms. The number of anilines is 1. The van der Waals surface area contributed by atoms with Gasteiger partial charge in [-0.15, -0.1) is 0 Å². The van der Waals surface area contributed by atoms with Crippen LogP contribution in [0.15, 0.2) is 30.6 Å². The Kier molecular flexibility index (Phi) is 4.81. The number of ether oxygens (including phenoxy) is 2. The summed E-state index contributed by atoms with van der Waals surface area (Å²) in [6, 6.07) is 4.88. The van der Waals surface area contributed by atoms with Gasteiger partial charge in [-0.05, 0) is 19.1 Å². The third-order valence-corrected chi connectivity index (χ3v) is 2.96. The fourth-order valence-electron chi connectivity index (χ4n) is 1.95. The Hall–Kier alpha value is -2.50. The van der Waals surface area contributed by atoms with Crippen molar-refractivity contribution in [3.05, 3.63) is 42.0 Å². The van der Waals surface area contributed by atoms with Crippen LogP contribution in [0.4, 0.5) is 5.69 Å². The minimum atomic E-state index is -0.419. The zero-order valence-corrected chi connectivity index (χ0v) is 12.2. The molecule has 1 aromatic heterocycles. The van der Waals surface area contributed by atoms with Gasteiger partial charge in [0.2, 0.25) is 0 Å². The van der Waals surface area contributed by atoms with Gasteiger partial charge in [0, 0.05) is 37.6 Å². The Labute approximate surface area is 123 Å². The molecule has 0 aliphatic heterocycles. The molecule has 6 nitrogen and oxygen atoms in total. The third kappa shape index (κ3) is 3.98. The first-order chi connectivity index (χ1) is 10.1. The molecule has 112 valence electrons. The van der Waals surface area contributed by atoms with Gasteiger partial charge >= 0.3 is 5.97 Å². The van der Waals surface area contributed by atoms with Crippen LogP contribution in [-0.4, -0.2) is 28.7 Å². The van der Waals surface area contributed by atoms with Crippen molar-refractivity contribution >= 4 is 11.7 Å². The van der Waals surface area contributed by atoms with Gasteiger partial charge in [-0.3, -0.25) is 0 Å². The number of hydrogen-bond acceptors (Lipinski definition) is 5. The topological polar surface area (TPSA) is 79.4 Å². The van der Waals surface area contributed by atoms with Crippen molar-refractivity contribution in [1.29, 1.82) is 0 Å². The lowest BCUT2D eigenvalue weighted by Crippen LogP contribution is -2.11. The first-order valence-electron chi connectivity index (χ1n) is 6.77. The number of nitrogens with zero attached hydrogens (tertiary/aromatic N) is 2. The van der Waals surface area contributed by atoms with E-state index in [-0.39, 0.29) is 6.61 Å². The lowest BCUT2D eigenvalue weighted by molar-refractivity contribution is 0.0506. The molecule has 0 fully saturated rings. The molecule has 0 spiro atoms. The van der Waals surface area contributed by atoms with Crippen LogP contribution in [0.3, 0.4) is 0 Å². The van der Waals surface area contributed by atoms with E-state index in [4.69, 9.17) is 15.2 Å². The van der Waals surface area contributed by atoms with Crippen LogP contribution >= 0.6 is 0 Å². The van der Waals surface area contributed by atoms with E-state index >= 15 is 0 Å². The Morgan fingerprint density at radius 1 is 1.38 bits per heavy atom. The quantitative estimate of drug-likeness (QED) is 0.648. The zero-order chi connectivity index (χ0) is 15.2. The van der Waals surface area contributed by atoms with E-state index < -0.39 is 5.97 Å². The Balaban J connectivity index is 1.95. The lowest BCUT2D eigenvalue weighted by Gasteiger charge is -2.08. The molecule has 21 heavy (non-hydrogen) atoms. The highest BCUT2D eigenvalue weighted by Gasteiger charge is 2.10. The van der Waals surface area contributed by atoms with E-state index in [1.54, 1.807) is 24.4 Å². The highest BCUT2D eigenvalue weighted by Crippen LogP contribution is 2.19. The molecule has 1 heterocycles. The number of nitrogen functional groups attached to an aromatic ring is 1. The number of imidazole rings is 1. The summed E-state index contributed by atoms with van der Waals surface area (Å²) < 4.78 is 12.5. The normalized spacial score (nSPS) is 10.4. The van der Waals surface area contributed by atoms with Crippen LogP contribution < -0.4 is 10.5 Å². The highest BCUT2D eigenvalue weighted by molar-refractivity contribution is 5.91. The monoisotopic (exact) mass is 289 g/mol. The summed E-state index contributed by atoms with van der Waals surface area (Å²) in [6.45, 7) is 2.65. The standard InChI is InChI=1S/C15H19N3O3/c1-3-20-13-9-11(8-12(16)10-13)15(19)21-7-4-14-17-5-6-18(14)2/h5-6,8-10H,3-4,7,16H2,1-2H3. The summed E-state index contributed by atoms with van der Waals surface area (Å²) in [4.78, 5) is 16.2. The molecule has 0 radical (unpaired) electrons. The molecule has 1 aromatic carbocycles. The molecule has 2 N–H and O–H groups in total. The van der Waals surface area contributed by atoms with Gasteiger partial charge in [0.15, 0.2) is 0 Å². The van der Waals surface area contributed by atoms with Crippen molar-refractivity contribution in [1.82, 2.24) is 9.55 Å². The van der Waals surface area contributed by atoms with Gasteiger partial charge < -0.3 is 19.8 Å². The van der Waals surface area contributed by atoms with Gasteiger partial charge in [-0.25, -0.2) is 9.78 Å². The third-order valence-electron chi connectivity index (χ3n) is 2.96. The van der Waals surface area contributed by atoms with Crippen LogP contribution in [0.2, 0.25) is 0 Å². The van der Waals surface area contributed by atoms with Crippen molar-refractivity contribution in [2.75, 3.05) is 18.9 Å². The number of aromatic nitrogens is 2. The number of esters is 1. The highest BCUT2D eigenvalue weighted by atomic mass is 16.5. The molecule has 0 atom stereocenters. The number of aryl methyl sites for hydroxylation is 1. The van der Waals surface area contributed by atoms with Crippen LogP contribution in [0.25, 0.3) is 0 Å². The molecule has 0 amide bonds. The number of benzene rings is 1. The molecule has 2 rings (SSSR count). The summed E-state index contributed by atoms with van der Waals surface area (Å²) in [7, 11) is 1.90. The van der Waals surface area contributed by atoms with Crippen molar-refractivity contribution in [3.8, 4) is 5.75 Å². The minimum absolute atomic E-state index is 0.266. The predicted octanol–water partition coefficient (Wildman–Crippen LogP) is 1.80. The molecule has 0 aliphatic rings. The molecular weight excluding hydrogens is 270 g/mol. The minimum Gasteiger partial charge on any atom is -0.494 e. The lowest BCUT2D eigenvalue weighted by atomic mass is 10.2. The van der Waals surface area contributed by atoms with Crippen molar-refractivity contribution in [3.63, 3.8) is 0 Å². The zero-order valence-electron chi connectivity index (χ0n) is 12.2. The molecule has 0 saturated carbocycles. The van der Waals surface area contributed by atoms with Gasteiger partial charge in [-0.1, -0.05) is 0 Å². The molecule has 0 saturated heterocycles. The van der Waals surface area contributed by atoms with E-state index in [1.165, 1.54) is 0 Å². The Morgan fingerprint density at radius 2 is 2.19 bits per heavy atom. The maximum atomic E-state index is 12.0. The number of hydrogen-bond donors (Lipinski definition) is 1. The molecule has 2 aromatic rings. The van der Waals surface area contributed by atoms with Gasteiger partial charge in [0.1, 0.15) is 11.6 Å². The first-order valence-corrected chi connectivity index (χ1v) is 6.77. The van der Waals surface area contributed by atoms with Gasteiger partial charge in [-0.2, -0.15) is 0 Å². The molecule has 6 heteroatoms. The summed E-state index contributed by atoms with van der Waals surface area (Å²) in [5, 5.41) is 0. The second kappa shape index (κ2) is 6.78. The summed E-state index contributed by atoms with van der Waals surface area (Å²) in [6.07, 6.45) is 4.13.